The average Bonchev–Trinajstić information content (AvgIpc) is 2.71. The van der Waals surface area contributed by atoms with Gasteiger partial charge in [0.05, 0.1) is 17.3 Å². The van der Waals surface area contributed by atoms with Gasteiger partial charge in [-0.3, -0.25) is 4.99 Å². The fourth-order valence-corrected chi connectivity index (χ4v) is 4.27. The predicted octanol–water partition coefficient (Wildman–Crippen LogP) is 5.59. The SMILES string of the molecule is COc1cc(C=Nc2cc(C)ccc2C)cc(Br)c1OS(=O)(=O)c1ccccc1. The Morgan fingerprint density at radius 2 is 1.72 bits per heavy atom. The Morgan fingerprint density at radius 1 is 1.00 bits per heavy atom. The fraction of sp³-hybridized carbons (Fsp3) is 0.136. The summed E-state index contributed by atoms with van der Waals surface area (Å²) in [6.45, 7) is 4.01. The van der Waals surface area contributed by atoms with Crippen LogP contribution >= 0.6 is 15.9 Å². The molecule has 0 amide bonds. The van der Waals surface area contributed by atoms with Crippen LogP contribution in [0.4, 0.5) is 5.69 Å². The van der Waals surface area contributed by atoms with Crippen molar-refractivity contribution in [1.29, 1.82) is 0 Å². The molecule has 150 valence electrons. The topological polar surface area (TPSA) is 65.0 Å². The van der Waals surface area contributed by atoms with Gasteiger partial charge in [-0.25, -0.2) is 0 Å². The third kappa shape index (κ3) is 5.05. The van der Waals surface area contributed by atoms with Gasteiger partial charge in [-0.05, 0) is 76.8 Å². The summed E-state index contributed by atoms with van der Waals surface area (Å²) in [5, 5.41) is 0. The number of benzene rings is 3. The van der Waals surface area contributed by atoms with Gasteiger partial charge in [0, 0.05) is 6.21 Å². The number of ether oxygens (including phenoxy) is 1. The van der Waals surface area contributed by atoms with Gasteiger partial charge >= 0.3 is 10.1 Å². The van der Waals surface area contributed by atoms with E-state index < -0.39 is 10.1 Å². The lowest BCUT2D eigenvalue weighted by Gasteiger charge is -2.13. The molecule has 7 heteroatoms. The molecule has 0 atom stereocenters. The number of aliphatic imine (C=N–C) groups is 1. The summed E-state index contributed by atoms with van der Waals surface area (Å²) in [6.07, 6.45) is 1.70. The first kappa shape index (κ1) is 21.1. The van der Waals surface area contributed by atoms with Gasteiger partial charge in [-0.2, -0.15) is 8.42 Å². The number of aryl methyl sites for hydroxylation is 2. The zero-order valence-corrected chi connectivity index (χ0v) is 18.6. The highest BCUT2D eigenvalue weighted by Gasteiger charge is 2.21. The van der Waals surface area contributed by atoms with Crippen LogP contribution in [0.1, 0.15) is 16.7 Å². The summed E-state index contributed by atoms with van der Waals surface area (Å²) in [5.74, 6) is 0.363. The summed E-state index contributed by atoms with van der Waals surface area (Å²) >= 11 is 3.39. The normalized spacial score (nSPS) is 11.6. The first-order chi connectivity index (χ1) is 13.8. The average molecular weight is 474 g/mol. The van der Waals surface area contributed by atoms with E-state index >= 15 is 0 Å². The molecule has 0 saturated heterocycles. The second kappa shape index (κ2) is 8.80. The van der Waals surface area contributed by atoms with E-state index in [1.807, 2.05) is 32.0 Å². The van der Waals surface area contributed by atoms with Crippen LogP contribution in [-0.2, 0) is 10.1 Å². The maximum atomic E-state index is 12.6. The lowest BCUT2D eigenvalue weighted by Crippen LogP contribution is -2.11. The summed E-state index contributed by atoms with van der Waals surface area (Å²) in [6, 6.07) is 17.4. The van der Waals surface area contributed by atoms with Crippen LogP contribution < -0.4 is 8.92 Å². The Morgan fingerprint density at radius 3 is 2.41 bits per heavy atom. The van der Waals surface area contributed by atoms with E-state index in [-0.39, 0.29) is 16.4 Å². The molecular formula is C22H20BrNO4S. The number of rotatable bonds is 6. The molecule has 0 aliphatic heterocycles. The number of halogens is 1. The monoisotopic (exact) mass is 473 g/mol. The molecule has 29 heavy (non-hydrogen) atoms. The first-order valence-corrected chi connectivity index (χ1v) is 11.0. The molecule has 0 aliphatic rings. The molecule has 0 bridgehead atoms. The molecule has 0 N–H and O–H groups in total. The van der Waals surface area contributed by atoms with Crippen LogP contribution in [0.15, 0.2) is 75.0 Å². The Kier molecular flexibility index (Phi) is 6.39. The van der Waals surface area contributed by atoms with Gasteiger partial charge in [-0.15, -0.1) is 0 Å². The van der Waals surface area contributed by atoms with E-state index in [4.69, 9.17) is 8.92 Å². The number of hydrogen-bond acceptors (Lipinski definition) is 5. The Hall–Kier alpha value is -2.64. The van der Waals surface area contributed by atoms with Crippen LogP contribution in [0.3, 0.4) is 0 Å². The first-order valence-electron chi connectivity index (χ1n) is 8.78. The molecule has 3 rings (SSSR count). The van der Waals surface area contributed by atoms with E-state index in [9.17, 15) is 8.42 Å². The molecule has 0 spiro atoms. The zero-order valence-electron chi connectivity index (χ0n) is 16.2. The molecule has 3 aromatic rings. The van der Waals surface area contributed by atoms with Crippen LogP contribution in [0.5, 0.6) is 11.5 Å². The lowest BCUT2D eigenvalue weighted by molar-refractivity contribution is 0.389. The third-order valence-electron chi connectivity index (χ3n) is 4.19. The van der Waals surface area contributed by atoms with Crippen molar-refractivity contribution in [1.82, 2.24) is 0 Å². The highest BCUT2D eigenvalue weighted by Crippen LogP contribution is 2.38. The highest BCUT2D eigenvalue weighted by molar-refractivity contribution is 9.10. The smallest absolute Gasteiger partial charge is 0.339 e. The van der Waals surface area contributed by atoms with Gasteiger partial charge in [0.2, 0.25) is 0 Å². The van der Waals surface area contributed by atoms with Crippen molar-refractivity contribution in [3.05, 3.63) is 81.8 Å². The molecule has 0 fully saturated rings. The molecule has 0 aromatic heterocycles. The van der Waals surface area contributed by atoms with E-state index in [0.717, 1.165) is 22.4 Å². The summed E-state index contributed by atoms with van der Waals surface area (Å²) in [5.41, 5.74) is 3.79. The van der Waals surface area contributed by atoms with Crippen LogP contribution in [-0.4, -0.2) is 21.7 Å². The van der Waals surface area contributed by atoms with E-state index in [1.165, 1.54) is 19.2 Å². The van der Waals surface area contributed by atoms with Crippen LogP contribution in [0.25, 0.3) is 0 Å². The molecule has 0 unspecified atom stereocenters. The van der Waals surface area contributed by atoms with Gasteiger partial charge < -0.3 is 8.92 Å². The van der Waals surface area contributed by atoms with Gasteiger partial charge in [0.15, 0.2) is 11.5 Å². The van der Waals surface area contributed by atoms with Crippen molar-refractivity contribution in [2.45, 2.75) is 18.7 Å². The Labute approximate surface area is 179 Å². The number of nitrogens with zero attached hydrogens (tertiary/aromatic N) is 1. The molecule has 5 nitrogen and oxygen atoms in total. The summed E-state index contributed by atoms with van der Waals surface area (Å²) in [4.78, 5) is 4.61. The number of hydrogen-bond donors (Lipinski definition) is 0. The van der Waals surface area contributed by atoms with Crippen LogP contribution in [0.2, 0.25) is 0 Å². The second-order valence-corrected chi connectivity index (χ2v) is 8.83. The fourth-order valence-electron chi connectivity index (χ4n) is 2.64. The van der Waals surface area contributed by atoms with Crippen molar-refractivity contribution in [2.24, 2.45) is 4.99 Å². The minimum Gasteiger partial charge on any atom is -0.493 e. The van der Waals surface area contributed by atoms with Crippen LogP contribution in [0, 0.1) is 13.8 Å². The van der Waals surface area contributed by atoms with E-state index in [0.29, 0.717) is 4.47 Å². The van der Waals surface area contributed by atoms with E-state index in [2.05, 4.69) is 20.9 Å². The van der Waals surface area contributed by atoms with Crippen molar-refractivity contribution >= 4 is 38.0 Å². The maximum Gasteiger partial charge on any atom is 0.339 e. The lowest BCUT2D eigenvalue weighted by atomic mass is 10.1. The predicted molar refractivity (Wildman–Crippen MR) is 118 cm³/mol. The molecular weight excluding hydrogens is 454 g/mol. The third-order valence-corrected chi connectivity index (χ3v) is 6.02. The summed E-state index contributed by atoms with van der Waals surface area (Å²) < 4.78 is 36.3. The highest BCUT2D eigenvalue weighted by atomic mass is 79.9. The molecule has 0 radical (unpaired) electrons. The Bertz CT molecular complexity index is 1160. The maximum absolute atomic E-state index is 12.6. The Balaban J connectivity index is 1.94. The van der Waals surface area contributed by atoms with Gasteiger partial charge in [-0.1, -0.05) is 30.3 Å². The van der Waals surface area contributed by atoms with E-state index in [1.54, 1.807) is 36.5 Å². The largest absolute Gasteiger partial charge is 0.493 e. The molecule has 0 saturated carbocycles. The van der Waals surface area contributed by atoms with Gasteiger partial charge in [0.25, 0.3) is 0 Å². The van der Waals surface area contributed by atoms with Gasteiger partial charge in [0.1, 0.15) is 4.90 Å². The van der Waals surface area contributed by atoms with Crippen molar-refractivity contribution < 1.29 is 17.3 Å². The standard InChI is InChI=1S/C22H20BrNO4S/c1-15-9-10-16(2)20(11-15)24-14-17-12-19(23)22(21(13-17)27-3)28-29(25,26)18-7-5-4-6-8-18/h4-14H,1-3H3. The quantitative estimate of drug-likeness (QED) is 0.345. The van der Waals surface area contributed by atoms with Crippen molar-refractivity contribution in [2.75, 3.05) is 7.11 Å². The van der Waals surface area contributed by atoms with Crippen molar-refractivity contribution in [3.8, 4) is 11.5 Å². The minimum atomic E-state index is -3.99. The second-order valence-electron chi connectivity index (χ2n) is 6.43. The number of methoxy groups -OCH3 is 1. The molecule has 3 aromatic carbocycles. The molecule has 0 heterocycles. The minimum absolute atomic E-state index is 0.0644. The van der Waals surface area contributed by atoms with Crippen molar-refractivity contribution in [3.63, 3.8) is 0 Å². The summed E-state index contributed by atoms with van der Waals surface area (Å²) in [7, 11) is -2.54. The zero-order chi connectivity index (χ0) is 21.0. The molecule has 0 aliphatic carbocycles.